The van der Waals surface area contributed by atoms with E-state index in [-0.39, 0.29) is 12.5 Å². The Morgan fingerprint density at radius 3 is 0.980 bits per heavy atom. The van der Waals surface area contributed by atoms with Crippen LogP contribution in [0.3, 0.4) is 0 Å². The zero-order valence-corrected chi connectivity index (χ0v) is 66.6. The van der Waals surface area contributed by atoms with Crippen LogP contribution in [0.2, 0.25) is 0 Å². The quantitative estimate of drug-likeness (QED) is 0.0204. The van der Waals surface area contributed by atoms with Crippen LogP contribution in [0.5, 0.6) is 0 Å². The summed E-state index contributed by atoms with van der Waals surface area (Å²) in [5.41, 5.74) is 0. The van der Waals surface area contributed by atoms with E-state index >= 15 is 0 Å². The molecule has 0 aliphatic carbocycles. The third-order valence-electron chi connectivity index (χ3n) is 22.2. The van der Waals surface area contributed by atoms with Gasteiger partial charge in [0.2, 0.25) is 5.91 Å². The number of carbonyl (C=O) groups is 1. The van der Waals surface area contributed by atoms with E-state index in [9.17, 15) is 45.6 Å². The lowest BCUT2D eigenvalue weighted by molar-refractivity contribution is -0.359. The SMILES string of the molecule is CCCCCCC/C=C\C/C=C\CCCCCCCCCCCCCCCCCCCCCCCCCC(=O)NC(COC1OC(CO)C(OC2OC(CO)C(O)C(O)C2O)C(O)C1O)C(O)CCCCCCCCCCCCCCCCCCCCCCCCCCCCCCCCCCC. The summed E-state index contributed by atoms with van der Waals surface area (Å²) in [6, 6.07) is -0.829. The first-order valence-electron chi connectivity index (χ1n) is 44.6. The molecule has 2 aliphatic heterocycles. The average Bonchev–Trinajstić information content (AvgIpc) is 0.790. The molecule has 0 aromatic rings. The van der Waals surface area contributed by atoms with Gasteiger partial charge in [0.25, 0.3) is 0 Å². The monoisotopic (exact) mass is 1450 g/mol. The highest BCUT2D eigenvalue weighted by Gasteiger charge is 2.51. The highest BCUT2D eigenvalue weighted by Crippen LogP contribution is 2.31. The highest BCUT2D eigenvalue weighted by atomic mass is 16.7. The third-order valence-corrected chi connectivity index (χ3v) is 22.2. The molecule has 2 heterocycles. The zero-order chi connectivity index (χ0) is 73.7. The molecule has 0 radical (unpaired) electrons. The summed E-state index contributed by atoms with van der Waals surface area (Å²) in [7, 11) is 0. The van der Waals surface area contributed by atoms with Gasteiger partial charge in [-0.15, -0.1) is 0 Å². The van der Waals surface area contributed by atoms with Gasteiger partial charge >= 0.3 is 0 Å². The number of nitrogens with one attached hydrogen (secondary N) is 1. The molecule has 2 aliphatic rings. The van der Waals surface area contributed by atoms with E-state index < -0.39 is 86.8 Å². The summed E-state index contributed by atoms with van der Waals surface area (Å²) < 4.78 is 23.0. The fraction of sp³-hybridized carbons (Fsp3) is 0.943. The van der Waals surface area contributed by atoms with Gasteiger partial charge in [0.05, 0.1) is 32.0 Å². The van der Waals surface area contributed by atoms with Crippen molar-refractivity contribution in [2.75, 3.05) is 19.8 Å². The van der Waals surface area contributed by atoms with Crippen molar-refractivity contribution < 1.29 is 64.6 Å². The van der Waals surface area contributed by atoms with Crippen LogP contribution in [0.4, 0.5) is 0 Å². The van der Waals surface area contributed by atoms with E-state index in [1.165, 1.54) is 353 Å². The molecule has 0 saturated carbocycles. The molecule has 12 atom stereocenters. The van der Waals surface area contributed by atoms with Crippen molar-refractivity contribution in [3.05, 3.63) is 24.3 Å². The van der Waals surface area contributed by atoms with Gasteiger partial charge in [-0.2, -0.15) is 0 Å². The van der Waals surface area contributed by atoms with Crippen LogP contribution in [0.15, 0.2) is 24.3 Å². The Kier molecular flexibility index (Phi) is 68.5. The predicted molar refractivity (Wildman–Crippen MR) is 425 cm³/mol. The predicted octanol–water partition coefficient (Wildman–Crippen LogP) is 21.4. The van der Waals surface area contributed by atoms with E-state index in [0.29, 0.717) is 12.8 Å². The molecule has 102 heavy (non-hydrogen) atoms. The molecule has 0 spiro atoms. The van der Waals surface area contributed by atoms with Gasteiger partial charge in [-0.1, -0.05) is 411 Å². The van der Waals surface area contributed by atoms with Crippen molar-refractivity contribution in [2.45, 2.75) is 511 Å². The van der Waals surface area contributed by atoms with E-state index in [1.54, 1.807) is 0 Å². The Morgan fingerprint density at radius 1 is 0.353 bits per heavy atom. The molecule has 9 N–H and O–H groups in total. The zero-order valence-electron chi connectivity index (χ0n) is 66.6. The van der Waals surface area contributed by atoms with Crippen LogP contribution in [0.25, 0.3) is 0 Å². The topological polar surface area (TPSA) is 228 Å². The Balaban J connectivity index is 1.56. The van der Waals surface area contributed by atoms with Crippen molar-refractivity contribution in [1.29, 1.82) is 0 Å². The molecular weight excluding hydrogens is 1280 g/mol. The third kappa shape index (κ3) is 54.1. The number of aliphatic hydroxyl groups is 8. The average molecular weight is 1450 g/mol. The van der Waals surface area contributed by atoms with Gasteiger partial charge < -0.3 is 65.1 Å². The number of aliphatic hydroxyl groups excluding tert-OH is 8. The molecule has 2 fully saturated rings. The van der Waals surface area contributed by atoms with Crippen molar-refractivity contribution in [3.63, 3.8) is 0 Å². The largest absolute Gasteiger partial charge is 0.394 e. The molecule has 12 unspecified atom stereocenters. The molecule has 604 valence electrons. The molecule has 1 amide bonds. The normalized spacial score (nSPS) is 21.7. The van der Waals surface area contributed by atoms with E-state index in [4.69, 9.17) is 18.9 Å². The fourth-order valence-electron chi connectivity index (χ4n) is 15.2. The Bertz CT molecular complexity index is 1810. The Morgan fingerprint density at radius 2 is 0.647 bits per heavy atom. The van der Waals surface area contributed by atoms with Crippen molar-refractivity contribution >= 4 is 5.91 Å². The minimum Gasteiger partial charge on any atom is -0.394 e. The minimum atomic E-state index is -1.78. The van der Waals surface area contributed by atoms with Gasteiger partial charge in [-0.25, -0.2) is 0 Å². The summed E-state index contributed by atoms with van der Waals surface area (Å²) in [6.45, 7) is 2.93. The smallest absolute Gasteiger partial charge is 0.220 e. The number of carbonyl (C=O) groups excluding carboxylic acids is 1. The van der Waals surface area contributed by atoms with Gasteiger partial charge in [0.1, 0.15) is 48.8 Å². The van der Waals surface area contributed by atoms with Crippen LogP contribution in [-0.2, 0) is 23.7 Å². The maximum absolute atomic E-state index is 13.4. The van der Waals surface area contributed by atoms with Crippen LogP contribution >= 0.6 is 0 Å². The van der Waals surface area contributed by atoms with Gasteiger partial charge in [0, 0.05) is 6.42 Å². The summed E-state index contributed by atoms with van der Waals surface area (Å²) in [5.74, 6) is -0.196. The van der Waals surface area contributed by atoms with Gasteiger partial charge in [-0.3, -0.25) is 4.79 Å². The van der Waals surface area contributed by atoms with Crippen LogP contribution in [-0.4, -0.2) is 140 Å². The lowest BCUT2D eigenvalue weighted by Crippen LogP contribution is -2.65. The summed E-state index contributed by atoms with van der Waals surface area (Å²) in [4.78, 5) is 13.4. The van der Waals surface area contributed by atoms with Crippen molar-refractivity contribution in [1.82, 2.24) is 5.32 Å². The van der Waals surface area contributed by atoms with Crippen molar-refractivity contribution in [3.8, 4) is 0 Å². The molecule has 0 aromatic heterocycles. The molecule has 14 heteroatoms. The maximum Gasteiger partial charge on any atom is 0.220 e. The molecular formula is C88H169NO13. The Labute approximate surface area is 628 Å². The second kappa shape index (κ2) is 72.3. The number of amides is 1. The summed E-state index contributed by atoms with van der Waals surface area (Å²) in [6.07, 6.45) is 78.2. The van der Waals surface area contributed by atoms with E-state index in [2.05, 4.69) is 43.5 Å². The highest BCUT2D eigenvalue weighted by molar-refractivity contribution is 5.76. The van der Waals surface area contributed by atoms with Crippen LogP contribution in [0.1, 0.15) is 438 Å². The Hall–Kier alpha value is -1.53. The molecule has 14 nitrogen and oxygen atoms in total. The van der Waals surface area contributed by atoms with Crippen LogP contribution in [0, 0.1) is 0 Å². The minimum absolute atomic E-state index is 0.196. The second-order valence-corrected chi connectivity index (χ2v) is 31.7. The molecule has 0 bridgehead atoms. The lowest BCUT2D eigenvalue weighted by atomic mass is 9.97. The van der Waals surface area contributed by atoms with Gasteiger partial charge in [0.15, 0.2) is 12.6 Å². The first-order valence-corrected chi connectivity index (χ1v) is 44.6. The second-order valence-electron chi connectivity index (χ2n) is 31.7. The molecule has 2 rings (SSSR count). The first-order chi connectivity index (χ1) is 50.1. The number of unbranched alkanes of at least 4 members (excludes halogenated alkanes) is 60. The number of rotatable bonds is 77. The standard InChI is InChI=1S/C88H169NO13/c1-3-5-7-9-11-13-15-17-19-21-23-25-27-29-31-33-35-37-38-40-42-44-46-48-50-52-54-56-58-60-62-64-66-68-70-72-80(93)89-76(75-99-87-85(98)83(96)86(79(74-91)101-87)102-88-84(97)82(95)81(94)78(73-90)100-88)77(92)71-69-67-65-63-61-59-57-55-53-51-49-47-45-43-41-39-36-34-32-30-28-26-24-22-20-18-16-14-12-10-8-6-4-2/h15,17,21,23,76-79,81-88,90-92,94-98H,3-14,16,18-20,22,24-75H2,1-2H3,(H,89,93)/b17-15-,23-21-. The van der Waals surface area contributed by atoms with Crippen LogP contribution < -0.4 is 5.32 Å². The van der Waals surface area contributed by atoms with Crippen molar-refractivity contribution in [2.24, 2.45) is 0 Å². The summed E-state index contributed by atoms with van der Waals surface area (Å²) in [5, 5.41) is 88.0. The molecule has 0 aromatic carbocycles. The van der Waals surface area contributed by atoms with Gasteiger partial charge in [-0.05, 0) is 44.9 Å². The molecule has 2 saturated heterocycles. The fourth-order valence-corrected chi connectivity index (χ4v) is 15.2. The van der Waals surface area contributed by atoms with E-state index in [0.717, 1.165) is 57.8 Å². The first kappa shape index (κ1) is 96.5. The number of hydrogen-bond donors (Lipinski definition) is 9. The number of hydrogen-bond acceptors (Lipinski definition) is 13. The number of ether oxygens (including phenoxy) is 4. The summed E-state index contributed by atoms with van der Waals surface area (Å²) >= 11 is 0. The number of allylic oxidation sites excluding steroid dienone is 4. The lowest BCUT2D eigenvalue weighted by Gasteiger charge is -2.46. The van der Waals surface area contributed by atoms with E-state index in [1.807, 2.05) is 0 Å². The maximum atomic E-state index is 13.4.